The predicted molar refractivity (Wildman–Crippen MR) is 95.5 cm³/mol. The standard InChI is InChI=1S/C20H19FN2O5/c1-3-20(19(26)27-2)15-14(16(22-20)13-5-4-10-28-13)17(24)23(18(15)25)12-8-6-11(21)7-9-12/h4-10,14-16,22H,3H2,1-2H3/t14-,15-,16-,20+/m0/s1. The number of carbonyl (C=O) groups is 3. The van der Waals surface area contributed by atoms with Crippen LogP contribution in [0.15, 0.2) is 47.1 Å². The fourth-order valence-corrected chi connectivity index (χ4v) is 4.40. The number of benzene rings is 1. The van der Waals surface area contributed by atoms with Gasteiger partial charge in [0, 0.05) is 0 Å². The molecule has 0 bridgehead atoms. The largest absolute Gasteiger partial charge is 0.468 e. The van der Waals surface area contributed by atoms with Crippen LogP contribution in [0.2, 0.25) is 0 Å². The van der Waals surface area contributed by atoms with Crippen molar-refractivity contribution in [2.75, 3.05) is 12.0 Å². The Kier molecular flexibility index (Phi) is 4.30. The second kappa shape index (κ2) is 6.56. The molecule has 1 aromatic heterocycles. The number of furan rings is 1. The summed E-state index contributed by atoms with van der Waals surface area (Å²) in [6.45, 7) is 1.75. The zero-order valence-corrected chi connectivity index (χ0v) is 15.3. The molecule has 2 fully saturated rings. The van der Waals surface area contributed by atoms with Crippen molar-refractivity contribution in [3.05, 3.63) is 54.2 Å². The summed E-state index contributed by atoms with van der Waals surface area (Å²) >= 11 is 0. The highest BCUT2D eigenvalue weighted by Crippen LogP contribution is 2.51. The Morgan fingerprint density at radius 2 is 1.96 bits per heavy atom. The lowest BCUT2D eigenvalue weighted by Gasteiger charge is -2.31. The number of amides is 2. The smallest absolute Gasteiger partial charge is 0.326 e. The number of methoxy groups -OCH3 is 1. The molecule has 0 saturated carbocycles. The van der Waals surface area contributed by atoms with Crippen molar-refractivity contribution in [3.8, 4) is 0 Å². The first kappa shape index (κ1) is 18.4. The molecule has 0 radical (unpaired) electrons. The fraction of sp³-hybridized carbons (Fsp3) is 0.350. The van der Waals surface area contributed by atoms with Crippen molar-refractivity contribution in [1.82, 2.24) is 5.32 Å². The first-order valence-electron chi connectivity index (χ1n) is 8.97. The van der Waals surface area contributed by atoms with Gasteiger partial charge in [-0.2, -0.15) is 0 Å². The maximum Gasteiger partial charge on any atom is 0.326 e. The molecular weight excluding hydrogens is 367 g/mol. The molecule has 0 aliphatic carbocycles. The highest BCUT2D eigenvalue weighted by molar-refractivity contribution is 6.24. The number of fused-ring (bicyclic) bond motifs is 1. The van der Waals surface area contributed by atoms with Gasteiger partial charge in [-0.05, 0) is 42.8 Å². The summed E-state index contributed by atoms with van der Waals surface area (Å²) in [4.78, 5) is 40.4. The molecule has 2 saturated heterocycles. The van der Waals surface area contributed by atoms with E-state index in [2.05, 4.69) is 5.32 Å². The van der Waals surface area contributed by atoms with Crippen molar-refractivity contribution in [2.24, 2.45) is 11.8 Å². The second-order valence-corrected chi connectivity index (χ2v) is 6.95. The van der Waals surface area contributed by atoms with E-state index >= 15 is 0 Å². The van der Waals surface area contributed by atoms with Gasteiger partial charge in [-0.25, -0.2) is 9.29 Å². The third-order valence-electron chi connectivity index (χ3n) is 5.70. The number of ether oxygens (including phenoxy) is 1. The van der Waals surface area contributed by atoms with Gasteiger partial charge in [-0.3, -0.25) is 19.7 Å². The molecule has 2 amide bonds. The van der Waals surface area contributed by atoms with E-state index in [-0.39, 0.29) is 12.1 Å². The maximum absolute atomic E-state index is 13.3. The highest BCUT2D eigenvalue weighted by atomic mass is 19.1. The molecule has 28 heavy (non-hydrogen) atoms. The van der Waals surface area contributed by atoms with E-state index in [0.717, 1.165) is 4.90 Å². The van der Waals surface area contributed by atoms with E-state index in [1.54, 1.807) is 19.1 Å². The summed E-state index contributed by atoms with van der Waals surface area (Å²) in [7, 11) is 1.25. The Morgan fingerprint density at radius 3 is 2.54 bits per heavy atom. The van der Waals surface area contributed by atoms with Crippen LogP contribution in [0.25, 0.3) is 0 Å². The SMILES string of the molecule is CC[C@@]1(C(=O)OC)N[C@@H](c2ccco2)[C@H]2C(=O)N(c3ccc(F)cc3)C(=O)[C@H]21. The molecule has 146 valence electrons. The van der Waals surface area contributed by atoms with Crippen molar-refractivity contribution in [1.29, 1.82) is 0 Å². The number of hydrogen-bond acceptors (Lipinski definition) is 6. The lowest BCUT2D eigenvalue weighted by Crippen LogP contribution is -2.55. The summed E-state index contributed by atoms with van der Waals surface area (Å²) < 4.78 is 23.8. The first-order valence-corrected chi connectivity index (χ1v) is 8.97. The van der Waals surface area contributed by atoms with Crippen LogP contribution in [0.3, 0.4) is 0 Å². The van der Waals surface area contributed by atoms with Gasteiger partial charge in [0.15, 0.2) is 0 Å². The quantitative estimate of drug-likeness (QED) is 0.640. The molecule has 2 aliphatic rings. The van der Waals surface area contributed by atoms with Gasteiger partial charge < -0.3 is 9.15 Å². The molecule has 8 heteroatoms. The van der Waals surface area contributed by atoms with E-state index in [1.807, 2.05) is 0 Å². The topological polar surface area (TPSA) is 88.8 Å². The van der Waals surface area contributed by atoms with Crippen molar-refractivity contribution >= 4 is 23.5 Å². The number of hydrogen-bond donors (Lipinski definition) is 1. The molecule has 2 aromatic rings. The Labute approximate surface area is 160 Å². The van der Waals surface area contributed by atoms with Crippen molar-refractivity contribution in [2.45, 2.75) is 24.9 Å². The molecule has 4 rings (SSSR count). The number of nitrogens with one attached hydrogen (secondary N) is 1. The lowest BCUT2D eigenvalue weighted by atomic mass is 9.78. The minimum atomic E-state index is -1.36. The monoisotopic (exact) mass is 386 g/mol. The van der Waals surface area contributed by atoms with Crippen LogP contribution in [0.4, 0.5) is 10.1 Å². The Bertz CT molecular complexity index is 927. The summed E-state index contributed by atoms with van der Waals surface area (Å²) in [6.07, 6.45) is 1.71. The molecule has 0 spiro atoms. The summed E-state index contributed by atoms with van der Waals surface area (Å²) in [5, 5.41) is 3.15. The molecule has 0 unspecified atom stereocenters. The van der Waals surface area contributed by atoms with Gasteiger partial charge in [0.25, 0.3) is 0 Å². The average molecular weight is 386 g/mol. The Hall–Kier alpha value is -3.00. The van der Waals surface area contributed by atoms with Gasteiger partial charge in [0.05, 0.1) is 36.9 Å². The van der Waals surface area contributed by atoms with Gasteiger partial charge in [-0.1, -0.05) is 6.92 Å². The van der Waals surface area contributed by atoms with Gasteiger partial charge in [0.2, 0.25) is 11.8 Å². The van der Waals surface area contributed by atoms with Crippen molar-refractivity contribution in [3.63, 3.8) is 0 Å². The van der Waals surface area contributed by atoms with Crippen LogP contribution in [0.1, 0.15) is 25.1 Å². The van der Waals surface area contributed by atoms with Crippen LogP contribution in [0, 0.1) is 17.7 Å². The molecule has 4 atom stereocenters. The number of esters is 1. The minimum Gasteiger partial charge on any atom is -0.468 e. The predicted octanol–water partition coefficient (Wildman–Crippen LogP) is 2.19. The normalized spacial score (nSPS) is 29.2. The van der Waals surface area contributed by atoms with Crippen LogP contribution in [-0.4, -0.2) is 30.4 Å². The van der Waals surface area contributed by atoms with E-state index in [0.29, 0.717) is 5.76 Å². The molecule has 1 aromatic carbocycles. The van der Waals surface area contributed by atoms with Crippen molar-refractivity contribution < 1.29 is 27.9 Å². The summed E-state index contributed by atoms with van der Waals surface area (Å²) in [5.41, 5.74) is -1.10. The van der Waals surface area contributed by atoms with Crippen LogP contribution in [-0.2, 0) is 19.1 Å². The van der Waals surface area contributed by atoms with Gasteiger partial charge >= 0.3 is 5.97 Å². The number of nitrogens with zero attached hydrogens (tertiary/aromatic N) is 1. The number of rotatable bonds is 4. The first-order chi connectivity index (χ1) is 13.4. The highest BCUT2D eigenvalue weighted by Gasteiger charge is 2.68. The molecule has 3 heterocycles. The molecule has 7 nitrogen and oxygen atoms in total. The van der Waals surface area contributed by atoms with E-state index in [1.165, 1.54) is 37.6 Å². The Balaban J connectivity index is 1.84. The van der Waals surface area contributed by atoms with Crippen LogP contribution >= 0.6 is 0 Å². The second-order valence-electron chi connectivity index (χ2n) is 6.95. The summed E-state index contributed by atoms with van der Waals surface area (Å²) in [6, 6.07) is 7.80. The number of imide groups is 1. The van der Waals surface area contributed by atoms with Gasteiger partial charge in [0.1, 0.15) is 17.1 Å². The number of halogens is 1. The molecule has 1 N–H and O–H groups in total. The Morgan fingerprint density at radius 1 is 1.25 bits per heavy atom. The van der Waals surface area contributed by atoms with E-state index in [9.17, 15) is 18.8 Å². The minimum absolute atomic E-state index is 0.244. The molecular formula is C20H19FN2O5. The maximum atomic E-state index is 13.3. The molecule has 2 aliphatic heterocycles. The number of carbonyl (C=O) groups excluding carboxylic acids is 3. The third kappa shape index (κ3) is 2.41. The van der Waals surface area contributed by atoms with Crippen LogP contribution < -0.4 is 10.2 Å². The van der Waals surface area contributed by atoms with E-state index in [4.69, 9.17) is 9.15 Å². The van der Waals surface area contributed by atoms with Gasteiger partial charge in [-0.15, -0.1) is 0 Å². The zero-order valence-electron chi connectivity index (χ0n) is 15.3. The average Bonchev–Trinajstić information content (AvgIpc) is 3.39. The third-order valence-corrected chi connectivity index (χ3v) is 5.70. The summed E-state index contributed by atoms with van der Waals surface area (Å²) in [5.74, 6) is -3.42. The number of anilines is 1. The van der Waals surface area contributed by atoms with Crippen LogP contribution in [0.5, 0.6) is 0 Å². The lowest BCUT2D eigenvalue weighted by molar-refractivity contribution is -0.152. The zero-order chi connectivity index (χ0) is 20.1. The fourth-order valence-electron chi connectivity index (χ4n) is 4.40. The van der Waals surface area contributed by atoms with E-state index < -0.39 is 47.0 Å².